The van der Waals surface area contributed by atoms with E-state index < -0.39 is 17.6 Å². The molecule has 24 heavy (non-hydrogen) atoms. The first-order chi connectivity index (χ1) is 11.5. The second kappa shape index (κ2) is 6.64. The highest BCUT2D eigenvalue weighted by atomic mass is 16.8. The van der Waals surface area contributed by atoms with Crippen molar-refractivity contribution in [2.24, 2.45) is 11.1 Å². The topological polar surface area (TPSA) is 126 Å². The van der Waals surface area contributed by atoms with E-state index in [1.807, 2.05) is 18.2 Å². The number of nitrogens with one attached hydrogen (secondary N) is 1. The summed E-state index contributed by atoms with van der Waals surface area (Å²) in [5.74, 6) is -3.58. The summed E-state index contributed by atoms with van der Waals surface area (Å²) in [6, 6.07) is 14.0. The van der Waals surface area contributed by atoms with Crippen LogP contribution in [-0.4, -0.2) is 11.6 Å². The van der Waals surface area contributed by atoms with Crippen LogP contribution in [0.4, 0.5) is 0 Å². The standard InChI is InChI=1S/C17H13N5O2/c1-11(2)22-24-17(13-6-4-3-5-7-13)15(12(8-18)9-19)14(10-20)16(21)23-17/h3-7,12,21H,1-2H3. The van der Waals surface area contributed by atoms with E-state index in [0.29, 0.717) is 11.3 Å². The van der Waals surface area contributed by atoms with Gasteiger partial charge < -0.3 is 9.57 Å². The van der Waals surface area contributed by atoms with Gasteiger partial charge in [0.25, 0.3) is 0 Å². The summed E-state index contributed by atoms with van der Waals surface area (Å²) < 4.78 is 5.54. The average Bonchev–Trinajstić information content (AvgIpc) is 2.88. The van der Waals surface area contributed by atoms with Crippen molar-refractivity contribution in [3.05, 3.63) is 47.0 Å². The zero-order chi connectivity index (χ0) is 17.7. The number of benzene rings is 1. The van der Waals surface area contributed by atoms with Crippen LogP contribution < -0.4 is 0 Å². The maximum atomic E-state index is 9.36. The Hall–Kier alpha value is -3.63. The smallest absolute Gasteiger partial charge is 0.330 e. The third-order valence-electron chi connectivity index (χ3n) is 3.27. The predicted octanol–water partition coefficient (Wildman–Crippen LogP) is 2.74. The Bertz CT molecular complexity index is 834. The van der Waals surface area contributed by atoms with Gasteiger partial charge in [-0.25, -0.2) is 0 Å². The Morgan fingerprint density at radius 2 is 1.83 bits per heavy atom. The molecule has 0 aromatic heterocycles. The molecule has 1 aliphatic rings. The van der Waals surface area contributed by atoms with Gasteiger partial charge in [0.05, 0.1) is 23.4 Å². The second-order valence-electron chi connectivity index (χ2n) is 5.14. The van der Waals surface area contributed by atoms with Crippen molar-refractivity contribution in [2.45, 2.75) is 19.6 Å². The van der Waals surface area contributed by atoms with Crippen molar-refractivity contribution in [3.63, 3.8) is 0 Å². The number of ether oxygens (including phenoxy) is 1. The average molecular weight is 319 g/mol. The summed E-state index contributed by atoms with van der Waals surface area (Å²) in [7, 11) is 0. The van der Waals surface area contributed by atoms with E-state index in [9.17, 15) is 15.8 Å². The van der Waals surface area contributed by atoms with Gasteiger partial charge in [0.15, 0.2) is 5.92 Å². The molecule has 1 aliphatic heterocycles. The fraction of sp³-hybridized carbons (Fsp3) is 0.235. The molecule has 0 saturated heterocycles. The van der Waals surface area contributed by atoms with Gasteiger partial charge in [0, 0.05) is 5.56 Å². The fourth-order valence-corrected chi connectivity index (χ4v) is 2.29. The summed E-state index contributed by atoms with van der Waals surface area (Å²) in [4.78, 5) is 5.55. The predicted molar refractivity (Wildman–Crippen MR) is 84.2 cm³/mol. The van der Waals surface area contributed by atoms with Crippen molar-refractivity contribution >= 4 is 11.6 Å². The minimum Gasteiger partial charge on any atom is -0.424 e. The molecular weight excluding hydrogens is 306 g/mol. The van der Waals surface area contributed by atoms with Crippen molar-refractivity contribution in [1.29, 1.82) is 21.2 Å². The normalized spacial score (nSPS) is 19.1. The third kappa shape index (κ3) is 2.69. The van der Waals surface area contributed by atoms with E-state index in [-0.39, 0.29) is 11.1 Å². The number of nitrogens with zero attached hydrogens (tertiary/aromatic N) is 4. The van der Waals surface area contributed by atoms with Gasteiger partial charge >= 0.3 is 5.79 Å². The molecule has 0 bridgehead atoms. The lowest BCUT2D eigenvalue weighted by Crippen LogP contribution is -2.34. The Morgan fingerprint density at radius 1 is 1.21 bits per heavy atom. The maximum Gasteiger partial charge on any atom is 0.330 e. The van der Waals surface area contributed by atoms with E-state index in [2.05, 4.69) is 5.16 Å². The Labute approximate surface area is 139 Å². The Kier molecular flexibility index (Phi) is 4.63. The molecule has 1 atom stereocenters. The van der Waals surface area contributed by atoms with Crippen LogP contribution in [-0.2, 0) is 15.4 Å². The number of rotatable bonds is 4. The molecule has 0 spiro atoms. The Balaban J connectivity index is 2.79. The molecular formula is C17H13N5O2. The molecule has 0 amide bonds. The molecule has 118 valence electrons. The van der Waals surface area contributed by atoms with Crippen molar-refractivity contribution in [1.82, 2.24) is 0 Å². The highest BCUT2D eigenvalue weighted by Gasteiger charge is 2.54. The molecule has 7 nitrogen and oxygen atoms in total. The van der Waals surface area contributed by atoms with Gasteiger partial charge in [-0.05, 0) is 13.8 Å². The first kappa shape index (κ1) is 16.7. The van der Waals surface area contributed by atoms with E-state index in [0.717, 1.165) is 0 Å². The summed E-state index contributed by atoms with van der Waals surface area (Å²) in [5.41, 5.74) is 0.762. The zero-order valence-electron chi connectivity index (χ0n) is 13.1. The van der Waals surface area contributed by atoms with Crippen LogP contribution in [0.1, 0.15) is 19.4 Å². The largest absolute Gasteiger partial charge is 0.424 e. The van der Waals surface area contributed by atoms with Gasteiger partial charge in [0.1, 0.15) is 11.6 Å². The summed E-state index contributed by atoms with van der Waals surface area (Å²) >= 11 is 0. The van der Waals surface area contributed by atoms with Gasteiger partial charge in [-0.1, -0.05) is 35.5 Å². The SMILES string of the molecule is CC(C)=NOC1(c2ccccc2)OC(=N)C(C#N)=C1C(C#N)C#N. The quantitative estimate of drug-likeness (QED) is 0.674. The van der Waals surface area contributed by atoms with Gasteiger partial charge in [-0.3, -0.25) is 5.41 Å². The molecule has 2 rings (SSSR count). The van der Waals surface area contributed by atoms with Crippen molar-refractivity contribution in [2.75, 3.05) is 0 Å². The van der Waals surface area contributed by atoms with E-state index >= 15 is 0 Å². The molecule has 1 heterocycles. The fourth-order valence-electron chi connectivity index (χ4n) is 2.29. The monoisotopic (exact) mass is 319 g/mol. The first-order valence-corrected chi connectivity index (χ1v) is 6.97. The van der Waals surface area contributed by atoms with E-state index in [1.54, 1.807) is 44.2 Å². The van der Waals surface area contributed by atoms with E-state index in [4.69, 9.17) is 15.0 Å². The minimum absolute atomic E-state index is 0.0313. The summed E-state index contributed by atoms with van der Waals surface area (Å²) in [5, 5.41) is 39.8. The molecule has 0 radical (unpaired) electrons. The highest BCUT2D eigenvalue weighted by Crippen LogP contribution is 2.46. The van der Waals surface area contributed by atoms with Crippen molar-refractivity contribution < 1.29 is 9.57 Å². The lowest BCUT2D eigenvalue weighted by atomic mass is 9.87. The van der Waals surface area contributed by atoms with Gasteiger partial charge in [-0.2, -0.15) is 15.8 Å². The van der Waals surface area contributed by atoms with Crippen LogP contribution >= 0.6 is 0 Å². The van der Waals surface area contributed by atoms with Crippen LogP contribution in [0.15, 0.2) is 46.6 Å². The Morgan fingerprint density at radius 3 is 2.33 bits per heavy atom. The maximum absolute atomic E-state index is 9.36. The van der Waals surface area contributed by atoms with Crippen LogP contribution in [0, 0.1) is 45.3 Å². The van der Waals surface area contributed by atoms with E-state index in [1.165, 1.54) is 0 Å². The lowest BCUT2D eigenvalue weighted by Gasteiger charge is -2.29. The number of oxime groups is 1. The highest BCUT2D eigenvalue weighted by molar-refractivity contribution is 5.99. The van der Waals surface area contributed by atoms with Crippen LogP contribution in [0.3, 0.4) is 0 Å². The van der Waals surface area contributed by atoms with Gasteiger partial charge in [-0.15, -0.1) is 0 Å². The van der Waals surface area contributed by atoms with Gasteiger partial charge in [0.2, 0.25) is 5.90 Å². The molecule has 0 aliphatic carbocycles. The third-order valence-corrected chi connectivity index (χ3v) is 3.27. The number of nitriles is 3. The number of hydrogen-bond acceptors (Lipinski definition) is 7. The molecule has 1 aromatic carbocycles. The molecule has 7 heteroatoms. The number of hydrogen-bond donors (Lipinski definition) is 1. The summed E-state index contributed by atoms with van der Waals surface area (Å²) in [6.45, 7) is 3.39. The molecule has 1 N–H and O–H groups in total. The summed E-state index contributed by atoms with van der Waals surface area (Å²) in [6.07, 6.45) is 0. The molecule has 1 aromatic rings. The van der Waals surface area contributed by atoms with Crippen LogP contribution in [0.2, 0.25) is 0 Å². The lowest BCUT2D eigenvalue weighted by molar-refractivity contribution is -0.168. The first-order valence-electron chi connectivity index (χ1n) is 6.97. The van der Waals surface area contributed by atoms with Crippen LogP contribution in [0.25, 0.3) is 0 Å². The second-order valence-corrected chi connectivity index (χ2v) is 5.14. The van der Waals surface area contributed by atoms with Crippen LogP contribution in [0.5, 0.6) is 0 Å². The molecule has 1 unspecified atom stereocenters. The van der Waals surface area contributed by atoms with Crippen molar-refractivity contribution in [3.8, 4) is 18.2 Å². The molecule has 0 saturated carbocycles. The minimum atomic E-state index is -1.79. The molecule has 0 fully saturated rings. The zero-order valence-corrected chi connectivity index (χ0v) is 13.1.